The minimum absolute atomic E-state index is 0.0440. The summed E-state index contributed by atoms with van der Waals surface area (Å²) >= 11 is 1.58. The van der Waals surface area contributed by atoms with Crippen LogP contribution in [0, 0.1) is 0 Å². The molecule has 0 bridgehead atoms. The van der Waals surface area contributed by atoms with E-state index in [0.29, 0.717) is 19.5 Å². The van der Waals surface area contributed by atoms with E-state index in [1.54, 1.807) is 16.2 Å². The topological polar surface area (TPSA) is 67.2 Å². The van der Waals surface area contributed by atoms with E-state index in [4.69, 9.17) is 0 Å². The number of imidazole rings is 1. The second-order valence-corrected chi connectivity index (χ2v) is 8.05. The van der Waals surface area contributed by atoms with Gasteiger partial charge < -0.3 is 14.8 Å². The second-order valence-electron chi connectivity index (χ2n) is 7.02. The number of thiophene rings is 1. The lowest BCUT2D eigenvalue weighted by Crippen LogP contribution is -2.46. The Morgan fingerprint density at radius 3 is 3.00 bits per heavy atom. The summed E-state index contributed by atoms with van der Waals surface area (Å²) in [5.41, 5.74) is 0.907. The van der Waals surface area contributed by atoms with Crippen molar-refractivity contribution in [3.8, 4) is 0 Å². The summed E-state index contributed by atoms with van der Waals surface area (Å²) in [6.45, 7) is 2.12. The first-order valence-electron chi connectivity index (χ1n) is 9.35. The second kappa shape index (κ2) is 7.61. The van der Waals surface area contributed by atoms with Crippen molar-refractivity contribution >= 4 is 23.2 Å². The number of carbonyl (C=O) groups is 2. The summed E-state index contributed by atoms with van der Waals surface area (Å²) in [4.78, 5) is 32.6. The van der Waals surface area contributed by atoms with Gasteiger partial charge in [-0.1, -0.05) is 6.07 Å². The maximum absolute atomic E-state index is 12.6. The molecule has 0 radical (unpaired) electrons. The van der Waals surface area contributed by atoms with Crippen LogP contribution in [0.1, 0.15) is 42.1 Å². The van der Waals surface area contributed by atoms with Gasteiger partial charge in [-0.2, -0.15) is 0 Å². The number of hydrogen-bond donors (Lipinski definition) is 1. The van der Waals surface area contributed by atoms with Gasteiger partial charge in [0.25, 0.3) is 0 Å². The Labute approximate surface area is 157 Å². The van der Waals surface area contributed by atoms with Gasteiger partial charge in [-0.3, -0.25) is 9.59 Å². The lowest BCUT2D eigenvalue weighted by Gasteiger charge is -2.23. The maximum Gasteiger partial charge on any atom is 0.243 e. The van der Waals surface area contributed by atoms with Gasteiger partial charge >= 0.3 is 0 Å². The van der Waals surface area contributed by atoms with E-state index in [0.717, 1.165) is 42.2 Å². The van der Waals surface area contributed by atoms with E-state index < -0.39 is 0 Å². The van der Waals surface area contributed by atoms with Crippen molar-refractivity contribution in [3.63, 3.8) is 0 Å². The molecule has 7 heteroatoms. The molecule has 2 aliphatic rings. The monoisotopic (exact) mass is 372 g/mol. The fourth-order valence-electron chi connectivity index (χ4n) is 3.85. The lowest BCUT2D eigenvalue weighted by atomic mass is 10.2. The molecule has 1 atom stereocenters. The van der Waals surface area contributed by atoms with Crippen molar-refractivity contribution in [2.24, 2.45) is 0 Å². The molecule has 1 saturated heterocycles. The summed E-state index contributed by atoms with van der Waals surface area (Å²) < 4.78 is 2.19. The minimum atomic E-state index is -0.347. The number of rotatable bonds is 5. The molecule has 6 nitrogen and oxygen atoms in total. The average molecular weight is 372 g/mol. The van der Waals surface area contributed by atoms with Crippen LogP contribution < -0.4 is 5.32 Å². The Hall–Kier alpha value is -2.15. The predicted octanol–water partition coefficient (Wildman–Crippen LogP) is 2.13. The van der Waals surface area contributed by atoms with Gasteiger partial charge in [0.2, 0.25) is 11.8 Å². The van der Waals surface area contributed by atoms with Crippen LogP contribution in [-0.2, 0) is 35.5 Å². The van der Waals surface area contributed by atoms with Gasteiger partial charge in [-0.25, -0.2) is 4.98 Å². The number of nitrogens with zero attached hydrogens (tertiary/aromatic N) is 3. The van der Waals surface area contributed by atoms with E-state index in [1.807, 2.05) is 23.7 Å². The van der Waals surface area contributed by atoms with E-state index in [2.05, 4.69) is 14.9 Å². The molecular weight excluding hydrogens is 348 g/mol. The average Bonchev–Trinajstić information content (AvgIpc) is 3.38. The van der Waals surface area contributed by atoms with Crippen molar-refractivity contribution in [3.05, 3.63) is 40.1 Å². The van der Waals surface area contributed by atoms with Crippen LogP contribution >= 0.6 is 11.3 Å². The summed E-state index contributed by atoms with van der Waals surface area (Å²) in [6, 6.07) is 3.57. The molecule has 2 aromatic heterocycles. The highest BCUT2D eigenvalue weighted by Gasteiger charge is 2.33. The third kappa shape index (κ3) is 3.67. The van der Waals surface area contributed by atoms with Gasteiger partial charge in [-0.05, 0) is 37.1 Å². The Morgan fingerprint density at radius 1 is 1.27 bits per heavy atom. The third-order valence-corrected chi connectivity index (χ3v) is 6.06. The van der Waals surface area contributed by atoms with Gasteiger partial charge in [0.1, 0.15) is 11.9 Å². The largest absolute Gasteiger partial charge is 0.349 e. The molecule has 1 N–H and O–H groups in total. The first-order valence-corrected chi connectivity index (χ1v) is 10.2. The molecule has 4 rings (SSSR count). The van der Waals surface area contributed by atoms with Crippen molar-refractivity contribution in [1.29, 1.82) is 0 Å². The molecule has 0 saturated carbocycles. The van der Waals surface area contributed by atoms with Gasteiger partial charge in [0, 0.05) is 30.6 Å². The zero-order valence-electron chi connectivity index (χ0n) is 14.8. The quantitative estimate of drug-likeness (QED) is 0.874. The number of likely N-dealkylation sites (tertiary alicyclic amines) is 1. The van der Waals surface area contributed by atoms with Crippen LogP contribution in [0.2, 0.25) is 0 Å². The lowest BCUT2D eigenvalue weighted by molar-refractivity contribution is -0.138. The molecule has 0 aliphatic carbocycles. The molecule has 2 aromatic rings. The van der Waals surface area contributed by atoms with Crippen molar-refractivity contribution < 1.29 is 9.59 Å². The number of fused-ring (bicyclic) bond motifs is 1. The van der Waals surface area contributed by atoms with Crippen molar-refractivity contribution in [2.75, 3.05) is 6.54 Å². The Bertz CT molecular complexity index is 760. The molecular formula is C19H24N4O2S. The highest BCUT2D eigenvalue weighted by Crippen LogP contribution is 2.20. The minimum Gasteiger partial charge on any atom is -0.349 e. The Balaban J connectivity index is 1.34. The number of aromatic nitrogens is 2. The molecule has 0 spiro atoms. The van der Waals surface area contributed by atoms with E-state index >= 15 is 0 Å². The zero-order valence-corrected chi connectivity index (χ0v) is 15.6. The van der Waals surface area contributed by atoms with E-state index in [-0.39, 0.29) is 17.9 Å². The van der Waals surface area contributed by atoms with Gasteiger partial charge in [0.05, 0.1) is 18.7 Å². The normalized spacial score (nSPS) is 19.4. The van der Waals surface area contributed by atoms with Crippen LogP contribution in [0.4, 0.5) is 0 Å². The fraction of sp³-hybridized carbons (Fsp3) is 0.526. The fourth-order valence-corrected chi connectivity index (χ4v) is 4.55. The first kappa shape index (κ1) is 17.3. The van der Waals surface area contributed by atoms with Crippen molar-refractivity contribution in [1.82, 2.24) is 19.8 Å². The molecule has 0 aromatic carbocycles. The molecule has 2 amide bonds. The molecule has 1 fully saturated rings. The first-order chi connectivity index (χ1) is 12.7. The predicted molar refractivity (Wildman–Crippen MR) is 99.8 cm³/mol. The highest BCUT2D eigenvalue weighted by molar-refractivity contribution is 7.10. The summed E-state index contributed by atoms with van der Waals surface area (Å²) in [5.74, 6) is 1.10. The molecule has 4 heterocycles. The Kier molecular flexibility index (Phi) is 5.06. The molecule has 26 heavy (non-hydrogen) atoms. The number of aryl methyl sites for hydroxylation is 2. The smallest absolute Gasteiger partial charge is 0.243 e. The number of hydrogen-bond acceptors (Lipinski definition) is 4. The van der Waals surface area contributed by atoms with Crippen LogP contribution in [0.3, 0.4) is 0 Å². The van der Waals surface area contributed by atoms with Crippen LogP contribution in [-0.4, -0.2) is 38.9 Å². The number of carbonyl (C=O) groups excluding carboxylic acids is 2. The Morgan fingerprint density at radius 2 is 2.19 bits per heavy atom. The van der Waals surface area contributed by atoms with Gasteiger partial charge in [-0.15, -0.1) is 11.3 Å². The molecule has 138 valence electrons. The standard InChI is InChI=1S/C19H24N4O2S/c24-18(11-15-5-4-10-26-15)23-9-3-6-16(23)19(25)20-12-14-13-22-8-2-1-7-17(22)21-14/h4-5,10,13,16H,1-3,6-9,11-12H2,(H,20,25). The van der Waals surface area contributed by atoms with Crippen LogP contribution in [0.15, 0.2) is 23.7 Å². The summed E-state index contributed by atoms with van der Waals surface area (Å²) in [7, 11) is 0. The SMILES string of the molecule is O=C(NCc1cn2c(n1)CCCC2)C1CCCN1C(=O)Cc1cccs1. The number of amides is 2. The number of nitrogens with one attached hydrogen (secondary N) is 1. The summed E-state index contributed by atoms with van der Waals surface area (Å²) in [5, 5.41) is 4.96. The summed E-state index contributed by atoms with van der Waals surface area (Å²) in [6.07, 6.45) is 7.44. The third-order valence-electron chi connectivity index (χ3n) is 5.18. The van der Waals surface area contributed by atoms with Crippen LogP contribution in [0.5, 0.6) is 0 Å². The van der Waals surface area contributed by atoms with Crippen molar-refractivity contribution in [2.45, 2.75) is 57.7 Å². The van der Waals surface area contributed by atoms with E-state index in [9.17, 15) is 9.59 Å². The van der Waals surface area contributed by atoms with Crippen LogP contribution in [0.25, 0.3) is 0 Å². The molecule has 2 aliphatic heterocycles. The van der Waals surface area contributed by atoms with Gasteiger partial charge in [0.15, 0.2) is 0 Å². The van der Waals surface area contributed by atoms with E-state index in [1.165, 1.54) is 12.8 Å². The molecule has 1 unspecified atom stereocenters. The zero-order chi connectivity index (χ0) is 17.9. The maximum atomic E-state index is 12.6. The highest BCUT2D eigenvalue weighted by atomic mass is 32.1.